The first-order valence-electron chi connectivity index (χ1n) is 7.34. The maximum atomic E-state index is 12.5. The van der Waals surface area contributed by atoms with Crippen molar-refractivity contribution in [1.29, 1.82) is 0 Å². The topological polar surface area (TPSA) is 89.8 Å². The van der Waals surface area contributed by atoms with Gasteiger partial charge in [-0.1, -0.05) is 11.6 Å². The lowest BCUT2D eigenvalue weighted by Crippen LogP contribution is -2.42. The Morgan fingerprint density at radius 1 is 1.48 bits per heavy atom. The van der Waals surface area contributed by atoms with E-state index in [1.54, 1.807) is 11.8 Å². The van der Waals surface area contributed by atoms with Crippen molar-refractivity contribution in [2.24, 2.45) is 5.92 Å². The lowest BCUT2D eigenvalue weighted by Gasteiger charge is -2.31. The molecule has 124 valence electrons. The summed E-state index contributed by atoms with van der Waals surface area (Å²) in [6.45, 7) is 2.86. The van der Waals surface area contributed by atoms with Gasteiger partial charge >= 0.3 is 5.97 Å². The van der Waals surface area contributed by atoms with Gasteiger partial charge in [0.05, 0.1) is 17.4 Å². The van der Waals surface area contributed by atoms with Crippen molar-refractivity contribution in [3.8, 4) is 0 Å². The molecule has 7 nitrogen and oxygen atoms in total. The van der Waals surface area contributed by atoms with Gasteiger partial charge in [-0.2, -0.15) is 0 Å². The molecular weight excluding hydrogens is 324 g/mol. The first-order chi connectivity index (χ1) is 10.9. The van der Waals surface area contributed by atoms with Crippen molar-refractivity contribution < 1.29 is 19.2 Å². The van der Waals surface area contributed by atoms with Gasteiger partial charge in [-0.15, -0.1) is 0 Å². The van der Waals surface area contributed by atoms with Gasteiger partial charge in [-0.3, -0.25) is 19.7 Å². The lowest BCUT2D eigenvalue weighted by molar-refractivity contribution is -0.384. The molecule has 1 atom stereocenters. The number of benzene rings is 1. The van der Waals surface area contributed by atoms with E-state index < -0.39 is 4.92 Å². The Hall–Kier alpha value is -2.15. The summed E-state index contributed by atoms with van der Waals surface area (Å²) in [5.74, 6) is -0.927. The summed E-state index contributed by atoms with van der Waals surface area (Å²) < 4.78 is 5.00. The second-order valence-electron chi connectivity index (χ2n) is 5.27. The summed E-state index contributed by atoms with van der Waals surface area (Å²) in [5, 5.41) is 10.7. The number of carbonyl (C=O) groups excluding carboxylic acids is 2. The van der Waals surface area contributed by atoms with Crippen molar-refractivity contribution in [3.63, 3.8) is 0 Å². The highest BCUT2D eigenvalue weighted by Crippen LogP contribution is 2.26. The minimum Gasteiger partial charge on any atom is -0.466 e. The molecule has 0 spiro atoms. The van der Waals surface area contributed by atoms with E-state index in [-0.39, 0.29) is 40.6 Å². The third-order valence-electron chi connectivity index (χ3n) is 3.72. The molecule has 0 bridgehead atoms. The second-order valence-corrected chi connectivity index (χ2v) is 5.67. The molecular formula is C15H17ClN2O5. The van der Waals surface area contributed by atoms with Crippen LogP contribution < -0.4 is 0 Å². The molecule has 1 heterocycles. The summed E-state index contributed by atoms with van der Waals surface area (Å²) in [6, 6.07) is 3.87. The van der Waals surface area contributed by atoms with E-state index in [0.717, 1.165) is 0 Å². The zero-order chi connectivity index (χ0) is 17.0. The predicted octanol–water partition coefficient (Wildman–Crippen LogP) is 2.66. The largest absolute Gasteiger partial charge is 0.466 e. The molecule has 23 heavy (non-hydrogen) atoms. The van der Waals surface area contributed by atoms with Gasteiger partial charge in [-0.25, -0.2) is 0 Å². The van der Waals surface area contributed by atoms with Crippen LogP contribution in [-0.2, 0) is 9.53 Å². The molecule has 0 radical (unpaired) electrons. The third-order valence-corrected chi connectivity index (χ3v) is 4.02. The average Bonchev–Trinajstić information content (AvgIpc) is 2.54. The van der Waals surface area contributed by atoms with E-state index in [1.165, 1.54) is 18.2 Å². The molecule has 0 aliphatic carbocycles. The van der Waals surface area contributed by atoms with Crippen LogP contribution in [0.3, 0.4) is 0 Å². The molecule has 1 aliphatic heterocycles. The lowest BCUT2D eigenvalue weighted by atomic mass is 9.97. The first-order valence-corrected chi connectivity index (χ1v) is 7.71. The molecule has 1 amide bonds. The number of rotatable bonds is 4. The van der Waals surface area contributed by atoms with E-state index in [4.69, 9.17) is 16.3 Å². The number of ether oxygens (including phenoxy) is 1. The monoisotopic (exact) mass is 340 g/mol. The molecule has 0 unspecified atom stereocenters. The van der Waals surface area contributed by atoms with Gasteiger partial charge in [0, 0.05) is 24.7 Å². The smallest absolute Gasteiger partial charge is 0.310 e. The standard InChI is InChI=1S/C15H17ClN2O5/c1-2-23-15(20)11-4-3-7-17(9-11)14(19)10-5-6-13(18(21)22)12(16)8-10/h5-6,8,11H,2-4,7,9H2,1H3/t11-/m1/s1. The minimum absolute atomic E-state index is 0.0835. The zero-order valence-corrected chi connectivity index (χ0v) is 13.4. The van der Waals surface area contributed by atoms with Gasteiger partial charge in [0.25, 0.3) is 11.6 Å². The van der Waals surface area contributed by atoms with Crippen LogP contribution in [-0.4, -0.2) is 41.4 Å². The van der Waals surface area contributed by atoms with Crippen LogP contribution in [0.4, 0.5) is 5.69 Å². The number of hydrogen-bond donors (Lipinski definition) is 0. The van der Waals surface area contributed by atoms with E-state index >= 15 is 0 Å². The van der Waals surface area contributed by atoms with Gasteiger partial charge in [0.15, 0.2) is 0 Å². The molecule has 1 aliphatic rings. The number of nitrogens with zero attached hydrogens (tertiary/aromatic N) is 2. The van der Waals surface area contributed by atoms with Crippen LogP contribution >= 0.6 is 11.6 Å². The molecule has 1 aromatic rings. The molecule has 1 aromatic carbocycles. The highest BCUT2D eigenvalue weighted by atomic mass is 35.5. The first kappa shape index (κ1) is 17.2. The number of hydrogen-bond acceptors (Lipinski definition) is 5. The quantitative estimate of drug-likeness (QED) is 0.477. The van der Waals surface area contributed by atoms with Crippen LogP contribution in [0.1, 0.15) is 30.1 Å². The Morgan fingerprint density at radius 2 is 2.22 bits per heavy atom. The van der Waals surface area contributed by atoms with Gasteiger partial charge in [0.2, 0.25) is 0 Å². The fourth-order valence-corrected chi connectivity index (χ4v) is 2.83. The molecule has 1 fully saturated rings. The molecule has 0 N–H and O–H groups in total. The Kier molecular flexibility index (Phi) is 5.54. The average molecular weight is 341 g/mol. The van der Waals surface area contributed by atoms with Crippen LogP contribution in [0.2, 0.25) is 5.02 Å². The van der Waals surface area contributed by atoms with Gasteiger partial charge in [-0.05, 0) is 31.9 Å². The maximum Gasteiger partial charge on any atom is 0.310 e. The highest BCUT2D eigenvalue weighted by molar-refractivity contribution is 6.33. The number of likely N-dealkylation sites (tertiary alicyclic amines) is 1. The number of carbonyl (C=O) groups is 2. The second kappa shape index (κ2) is 7.41. The van der Waals surface area contributed by atoms with E-state index in [0.29, 0.717) is 26.0 Å². The van der Waals surface area contributed by atoms with Crippen LogP contribution in [0.15, 0.2) is 18.2 Å². The molecule has 8 heteroatoms. The van der Waals surface area contributed by atoms with Crippen molar-refractivity contribution in [2.45, 2.75) is 19.8 Å². The van der Waals surface area contributed by atoms with Crippen LogP contribution in [0.5, 0.6) is 0 Å². The summed E-state index contributed by atoms with van der Waals surface area (Å²) in [6.07, 6.45) is 1.39. The zero-order valence-electron chi connectivity index (χ0n) is 12.7. The van der Waals surface area contributed by atoms with Gasteiger partial charge in [0.1, 0.15) is 5.02 Å². The fourth-order valence-electron chi connectivity index (χ4n) is 2.58. The predicted molar refractivity (Wildman–Crippen MR) is 83.4 cm³/mol. The number of nitro groups is 1. The SMILES string of the molecule is CCOC(=O)[C@@H]1CCCN(C(=O)c2ccc([N+](=O)[O-])c(Cl)c2)C1. The minimum atomic E-state index is -0.603. The molecule has 1 saturated heterocycles. The van der Waals surface area contributed by atoms with Crippen molar-refractivity contribution in [2.75, 3.05) is 19.7 Å². The van der Waals surface area contributed by atoms with Crippen molar-refractivity contribution in [1.82, 2.24) is 4.90 Å². The number of nitro benzene ring substituents is 1. The number of amides is 1. The Morgan fingerprint density at radius 3 is 2.83 bits per heavy atom. The Balaban J connectivity index is 2.12. The fraction of sp³-hybridized carbons (Fsp3) is 0.467. The van der Waals surface area contributed by atoms with Crippen LogP contribution in [0.25, 0.3) is 0 Å². The number of halogens is 1. The van der Waals surface area contributed by atoms with Crippen LogP contribution in [0, 0.1) is 16.0 Å². The number of esters is 1. The van der Waals surface area contributed by atoms with Gasteiger partial charge < -0.3 is 9.64 Å². The van der Waals surface area contributed by atoms with E-state index in [9.17, 15) is 19.7 Å². The van der Waals surface area contributed by atoms with Crippen molar-refractivity contribution >= 4 is 29.2 Å². The summed E-state index contributed by atoms with van der Waals surface area (Å²) >= 11 is 5.84. The molecule has 2 rings (SSSR count). The van der Waals surface area contributed by atoms with Crippen molar-refractivity contribution in [3.05, 3.63) is 38.9 Å². The Bertz CT molecular complexity index is 634. The normalized spacial score (nSPS) is 17.7. The number of piperidine rings is 1. The molecule has 0 saturated carbocycles. The Labute approximate surface area is 138 Å². The third kappa shape index (κ3) is 3.98. The summed E-state index contributed by atoms with van der Waals surface area (Å²) in [7, 11) is 0. The summed E-state index contributed by atoms with van der Waals surface area (Å²) in [4.78, 5) is 36.0. The van der Waals surface area contributed by atoms with E-state index in [1.807, 2.05) is 0 Å². The highest BCUT2D eigenvalue weighted by Gasteiger charge is 2.30. The van der Waals surface area contributed by atoms with E-state index in [2.05, 4.69) is 0 Å². The molecule has 0 aromatic heterocycles. The maximum absolute atomic E-state index is 12.5. The summed E-state index contributed by atoms with van der Waals surface area (Å²) in [5.41, 5.74) is 0.0244.